The first-order valence-electron chi connectivity index (χ1n) is 10.9. The first-order valence-corrected chi connectivity index (χ1v) is 10.9. The van der Waals surface area contributed by atoms with Crippen molar-refractivity contribution in [3.05, 3.63) is 105 Å². The van der Waals surface area contributed by atoms with E-state index >= 15 is 8.78 Å². The summed E-state index contributed by atoms with van der Waals surface area (Å²) < 4.78 is 121. The molecule has 2 aromatic heterocycles. The van der Waals surface area contributed by atoms with Crippen molar-refractivity contribution in [3.8, 4) is 17.2 Å². The Bertz CT molecular complexity index is 2130. The molecule has 0 unspecified atom stereocenters. The lowest BCUT2D eigenvalue weighted by molar-refractivity contribution is 0.322. The standard InChI is InChI=1S/C25H10F8N2O5/c1-5-9-7(22(36)34(3)24(9)38)4-8-10(5)25(39)35(23(8)37)19-13(28)17(32)21(18(33)14(19)29)40-20-15(30)11(26)6(2)12(27)16(20)31/h4H,1-3H3. The van der Waals surface area contributed by atoms with Crippen LogP contribution in [0.2, 0.25) is 0 Å². The number of halogens is 8. The van der Waals surface area contributed by atoms with E-state index in [0.717, 1.165) is 20.0 Å². The highest BCUT2D eigenvalue weighted by Gasteiger charge is 2.34. The fraction of sp³-hybridized carbons (Fsp3) is 0.120. The molecule has 0 atom stereocenters. The highest BCUT2D eigenvalue weighted by molar-refractivity contribution is 6.01. The largest absolute Gasteiger partial charge is 0.444 e. The molecule has 5 aromatic rings. The van der Waals surface area contributed by atoms with Crippen molar-refractivity contribution in [1.82, 2.24) is 9.13 Å². The molecule has 15 heteroatoms. The predicted octanol–water partition coefficient (Wildman–Crippen LogP) is 3.96. The molecule has 0 N–H and O–H groups in total. The summed E-state index contributed by atoms with van der Waals surface area (Å²) in [5.41, 5.74) is -8.08. The molecule has 5 rings (SSSR count). The second-order valence-corrected chi connectivity index (χ2v) is 8.71. The number of aryl methyl sites for hydroxylation is 1. The SMILES string of the molecule is Cc1c(F)c(F)c(Oc2c(F)c(F)c(-n3c(=O)c4cc5c(=O)n(C)c(=O)c5c(C)c4c3=O)c(F)c2F)c(F)c1F. The van der Waals surface area contributed by atoms with Crippen molar-refractivity contribution < 1.29 is 39.9 Å². The van der Waals surface area contributed by atoms with E-state index in [1.54, 1.807) is 0 Å². The number of ether oxygens (including phenoxy) is 1. The lowest BCUT2D eigenvalue weighted by Gasteiger charge is -2.14. The van der Waals surface area contributed by atoms with Gasteiger partial charge < -0.3 is 4.74 Å². The number of benzene rings is 3. The molecule has 0 aliphatic rings. The van der Waals surface area contributed by atoms with E-state index in [1.165, 1.54) is 0 Å². The summed E-state index contributed by atoms with van der Waals surface area (Å²) in [4.78, 5) is 50.9. The molecule has 0 bridgehead atoms. The number of aromatic nitrogens is 2. The van der Waals surface area contributed by atoms with Crippen molar-refractivity contribution in [2.24, 2.45) is 7.05 Å². The summed E-state index contributed by atoms with van der Waals surface area (Å²) in [7, 11) is 1.13. The van der Waals surface area contributed by atoms with E-state index < -0.39 is 102 Å². The maximum Gasteiger partial charge on any atom is 0.266 e. The Morgan fingerprint density at radius 3 is 1.48 bits per heavy atom. The van der Waals surface area contributed by atoms with Gasteiger partial charge in [0.2, 0.25) is 34.8 Å². The van der Waals surface area contributed by atoms with Gasteiger partial charge in [0.15, 0.2) is 23.3 Å². The maximum absolute atomic E-state index is 15.1. The summed E-state index contributed by atoms with van der Waals surface area (Å²) in [5, 5.41) is -1.80. The molecule has 2 heterocycles. The summed E-state index contributed by atoms with van der Waals surface area (Å²) >= 11 is 0. The third-order valence-electron chi connectivity index (χ3n) is 6.55. The van der Waals surface area contributed by atoms with Crippen molar-refractivity contribution in [3.63, 3.8) is 0 Å². The number of rotatable bonds is 3. The van der Waals surface area contributed by atoms with Crippen LogP contribution in [0.4, 0.5) is 35.1 Å². The van der Waals surface area contributed by atoms with E-state index in [0.29, 0.717) is 11.5 Å². The molecule has 7 nitrogen and oxygen atoms in total. The molecule has 0 saturated heterocycles. The molecule has 3 aromatic carbocycles. The fourth-order valence-electron chi connectivity index (χ4n) is 4.47. The molecule has 0 fully saturated rings. The number of fused-ring (bicyclic) bond motifs is 2. The third kappa shape index (κ3) is 3.23. The van der Waals surface area contributed by atoms with E-state index in [1.807, 2.05) is 0 Å². The van der Waals surface area contributed by atoms with Crippen LogP contribution in [-0.4, -0.2) is 9.13 Å². The summed E-state index contributed by atoms with van der Waals surface area (Å²) in [6.07, 6.45) is 0. The number of nitrogens with zero attached hydrogens (tertiary/aromatic N) is 2. The van der Waals surface area contributed by atoms with Crippen molar-refractivity contribution in [1.29, 1.82) is 0 Å². The quantitative estimate of drug-likeness (QED) is 0.242. The third-order valence-corrected chi connectivity index (χ3v) is 6.55. The maximum atomic E-state index is 15.1. The van der Waals surface area contributed by atoms with Gasteiger partial charge in [0.25, 0.3) is 22.2 Å². The molecule has 0 aliphatic heterocycles. The number of hydrogen-bond donors (Lipinski definition) is 0. The predicted molar refractivity (Wildman–Crippen MR) is 123 cm³/mol. The Balaban J connectivity index is 1.81. The van der Waals surface area contributed by atoms with Gasteiger partial charge in [0.05, 0.1) is 21.5 Å². The lowest BCUT2D eigenvalue weighted by atomic mass is 10.0. The average molecular weight is 570 g/mol. The van der Waals surface area contributed by atoms with Crippen LogP contribution in [-0.2, 0) is 7.05 Å². The van der Waals surface area contributed by atoms with Gasteiger partial charge in [-0.3, -0.25) is 23.7 Å². The Labute approximate surface area is 214 Å². The van der Waals surface area contributed by atoms with Crippen LogP contribution < -0.4 is 27.0 Å². The molecule has 0 aliphatic carbocycles. The summed E-state index contributed by atoms with van der Waals surface area (Å²) in [6, 6.07) is 0.813. The zero-order valence-corrected chi connectivity index (χ0v) is 20.0. The highest BCUT2D eigenvalue weighted by atomic mass is 19.2. The molecular formula is C25H10F8N2O5. The molecule has 0 saturated carbocycles. The van der Waals surface area contributed by atoms with Crippen molar-refractivity contribution in [2.75, 3.05) is 0 Å². The van der Waals surface area contributed by atoms with Crippen LogP contribution in [0.15, 0.2) is 25.2 Å². The van der Waals surface area contributed by atoms with Crippen LogP contribution in [0.25, 0.3) is 27.2 Å². The van der Waals surface area contributed by atoms with E-state index in [4.69, 9.17) is 0 Å². The van der Waals surface area contributed by atoms with Gasteiger partial charge in [-0.2, -0.15) is 17.6 Å². The smallest absolute Gasteiger partial charge is 0.266 e. The normalized spacial score (nSPS) is 11.8. The first-order chi connectivity index (χ1) is 18.6. The second kappa shape index (κ2) is 8.59. The van der Waals surface area contributed by atoms with Gasteiger partial charge in [-0.1, -0.05) is 0 Å². The Morgan fingerprint density at radius 2 is 0.975 bits per heavy atom. The zero-order valence-electron chi connectivity index (χ0n) is 20.0. The average Bonchev–Trinajstić information content (AvgIpc) is 3.30. The minimum absolute atomic E-state index is 0.230. The van der Waals surface area contributed by atoms with Gasteiger partial charge in [0.1, 0.15) is 5.69 Å². The monoisotopic (exact) mass is 570 g/mol. The minimum Gasteiger partial charge on any atom is -0.444 e. The topological polar surface area (TPSA) is 87.4 Å². The Kier molecular flexibility index (Phi) is 5.75. The molecule has 206 valence electrons. The summed E-state index contributed by atoms with van der Waals surface area (Å²) in [5.74, 6) is -22.9. The summed E-state index contributed by atoms with van der Waals surface area (Å²) in [6.45, 7) is 1.78. The molecule has 0 spiro atoms. The fourth-order valence-corrected chi connectivity index (χ4v) is 4.47. The van der Waals surface area contributed by atoms with Gasteiger partial charge >= 0.3 is 0 Å². The molecule has 40 heavy (non-hydrogen) atoms. The van der Waals surface area contributed by atoms with Crippen molar-refractivity contribution >= 4 is 21.5 Å². The molecule has 0 radical (unpaired) electrons. The van der Waals surface area contributed by atoms with Gasteiger partial charge in [-0.05, 0) is 25.5 Å². The van der Waals surface area contributed by atoms with Crippen LogP contribution in [0, 0.1) is 60.4 Å². The molecular weight excluding hydrogens is 560 g/mol. The molecule has 0 amide bonds. The van der Waals surface area contributed by atoms with Gasteiger partial charge in [-0.15, -0.1) is 0 Å². The Hall–Kier alpha value is -4.82. The Morgan fingerprint density at radius 1 is 0.550 bits per heavy atom. The highest BCUT2D eigenvalue weighted by Crippen LogP contribution is 2.38. The van der Waals surface area contributed by atoms with Crippen molar-refractivity contribution in [2.45, 2.75) is 13.8 Å². The van der Waals surface area contributed by atoms with Crippen LogP contribution >= 0.6 is 0 Å². The lowest BCUT2D eigenvalue weighted by Crippen LogP contribution is -2.27. The minimum atomic E-state index is -2.53. The van der Waals surface area contributed by atoms with E-state index in [-0.39, 0.29) is 20.9 Å². The van der Waals surface area contributed by atoms with E-state index in [9.17, 15) is 45.5 Å². The zero-order chi connectivity index (χ0) is 29.7. The first kappa shape index (κ1) is 26.8. The second-order valence-electron chi connectivity index (χ2n) is 8.71. The van der Waals surface area contributed by atoms with E-state index in [2.05, 4.69) is 4.74 Å². The van der Waals surface area contributed by atoms with Crippen LogP contribution in [0.5, 0.6) is 11.5 Å². The van der Waals surface area contributed by atoms with Gasteiger partial charge in [-0.25, -0.2) is 22.1 Å². The number of hydrogen-bond acceptors (Lipinski definition) is 5. The van der Waals surface area contributed by atoms with Crippen LogP contribution in [0.3, 0.4) is 0 Å². The van der Waals surface area contributed by atoms with Gasteiger partial charge in [0, 0.05) is 12.6 Å². The van der Waals surface area contributed by atoms with Crippen LogP contribution in [0.1, 0.15) is 11.1 Å².